The van der Waals surface area contributed by atoms with Gasteiger partial charge in [-0.2, -0.15) is 0 Å². The van der Waals surface area contributed by atoms with Gasteiger partial charge >= 0.3 is 0 Å². The molecule has 1 unspecified atom stereocenters. The zero-order chi connectivity index (χ0) is 13.3. The molecule has 2 aliphatic carbocycles. The van der Waals surface area contributed by atoms with Gasteiger partial charge < -0.3 is 5.11 Å². The fourth-order valence-electron chi connectivity index (χ4n) is 3.80. The Morgan fingerprint density at radius 3 is 2.72 bits per heavy atom. The SMILES string of the molecule is C=C1CCC(O)/C(C)=C\CCC[C@@H]2[C@@H]1CC2(C)C. The van der Waals surface area contributed by atoms with Gasteiger partial charge in [0.25, 0.3) is 0 Å². The Balaban J connectivity index is 2.08. The summed E-state index contributed by atoms with van der Waals surface area (Å²) in [6.45, 7) is 11.2. The van der Waals surface area contributed by atoms with Crippen LogP contribution in [0.5, 0.6) is 0 Å². The van der Waals surface area contributed by atoms with E-state index in [0.717, 1.165) is 30.8 Å². The van der Waals surface area contributed by atoms with Crippen LogP contribution in [0.3, 0.4) is 0 Å². The smallest absolute Gasteiger partial charge is 0.0750 e. The molecule has 0 aromatic rings. The Kier molecular flexibility index (Phi) is 4.01. The zero-order valence-electron chi connectivity index (χ0n) is 12.2. The molecule has 0 saturated heterocycles. The van der Waals surface area contributed by atoms with E-state index >= 15 is 0 Å². The summed E-state index contributed by atoms with van der Waals surface area (Å²) < 4.78 is 0. The average molecular weight is 248 g/mol. The van der Waals surface area contributed by atoms with Gasteiger partial charge in [-0.25, -0.2) is 0 Å². The number of allylic oxidation sites excluding steroid dienone is 2. The topological polar surface area (TPSA) is 20.2 Å². The van der Waals surface area contributed by atoms with Gasteiger partial charge in [-0.3, -0.25) is 0 Å². The third kappa shape index (κ3) is 2.71. The lowest BCUT2D eigenvalue weighted by molar-refractivity contribution is 0.00139. The Labute approximate surface area is 112 Å². The highest BCUT2D eigenvalue weighted by molar-refractivity contribution is 5.15. The van der Waals surface area contributed by atoms with E-state index in [1.165, 1.54) is 24.8 Å². The molecule has 102 valence electrons. The quantitative estimate of drug-likeness (QED) is 0.627. The number of hydrogen-bond acceptors (Lipinski definition) is 1. The van der Waals surface area contributed by atoms with Crippen molar-refractivity contribution >= 4 is 0 Å². The van der Waals surface area contributed by atoms with E-state index in [-0.39, 0.29) is 6.10 Å². The van der Waals surface area contributed by atoms with E-state index in [9.17, 15) is 5.11 Å². The molecule has 0 amide bonds. The van der Waals surface area contributed by atoms with Crippen LogP contribution in [0.4, 0.5) is 0 Å². The highest BCUT2D eigenvalue weighted by Crippen LogP contribution is 2.56. The summed E-state index contributed by atoms with van der Waals surface area (Å²) in [5.74, 6) is 1.53. The molecule has 18 heavy (non-hydrogen) atoms. The Morgan fingerprint density at radius 2 is 2.06 bits per heavy atom. The monoisotopic (exact) mass is 248 g/mol. The summed E-state index contributed by atoms with van der Waals surface area (Å²) >= 11 is 0. The van der Waals surface area contributed by atoms with Crippen molar-refractivity contribution in [3.8, 4) is 0 Å². The van der Waals surface area contributed by atoms with Crippen molar-refractivity contribution in [2.45, 2.75) is 65.4 Å². The number of rotatable bonds is 0. The maximum atomic E-state index is 10.1. The predicted octanol–water partition coefficient (Wildman–Crippen LogP) is 4.48. The van der Waals surface area contributed by atoms with Crippen LogP contribution in [0.2, 0.25) is 0 Å². The first kappa shape index (κ1) is 13.9. The van der Waals surface area contributed by atoms with Gasteiger partial charge in [-0.15, -0.1) is 0 Å². The van der Waals surface area contributed by atoms with Gasteiger partial charge in [0, 0.05) is 0 Å². The molecule has 0 aromatic carbocycles. The van der Waals surface area contributed by atoms with E-state index in [2.05, 4.69) is 33.4 Å². The summed E-state index contributed by atoms with van der Waals surface area (Å²) in [6, 6.07) is 0. The van der Waals surface area contributed by atoms with Gasteiger partial charge in [-0.05, 0) is 68.3 Å². The molecule has 0 aliphatic heterocycles. The third-order valence-electron chi connectivity index (χ3n) is 5.21. The maximum Gasteiger partial charge on any atom is 0.0750 e. The van der Waals surface area contributed by atoms with E-state index < -0.39 is 0 Å². The molecule has 0 radical (unpaired) electrons. The minimum Gasteiger partial charge on any atom is -0.389 e. The molecule has 0 spiro atoms. The minimum atomic E-state index is -0.258. The molecule has 1 fully saturated rings. The molecule has 0 heterocycles. The maximum absolute atomic E-state index is 10.1. The van der Waals surface area contributed by atoms with Crippen LogP contribution >= 0.6 is 0 Å². The zero-order valence-corrected chi connectivity index (χ0v) is 12.2. The van der Waals surface area contributed by atoms with Crippen molar-refractivity contribution in [2.24, 2.45) is 17.3 Å². The lowest BCUT2D eigenvalue weighted by Gasteiger charge is -2.53. The standard InChI is InChI=1S/C17H28O/c1-12-9-10-16(18)13(2)7-5-6-8-15-14(12)11-17(15,3)4/h7,14-16,18H,1,5-6,8-11H2,2-4H3/b13-7-/t14-,15-,16?/m1/s1. The number of aliphatic hydroxyl groups excluding tert-OH is 1. The molecule has 1 N–H and O–H groups in total. The normalized spacial score (nSPS) is 39.9. The number of aliphatic hydroxyl groups is 1. The molecule has 0 aromatic heterocycles. The summed E-state index contributed by atoms with van der Waals surface area (Å²) in [5.41, 5.74) is 3.03. The lowest BCUT2D eigenvalue weighted by atomic mass is 9.52. The third-order valence-corrected chi connectivity index (χ3v) is 5.21. The first-order valence-corrected chi connectivity index (χ1v) is 7.44. The van der Waals surface area contributed by atoms with E-state index in [0.29, 0.717) is 11.3 Å². The van der Waals surface area contributed by atoms with E-state index in [1.807, 2.05) is 0 Å². The van der Waals surface area contributed by atoms with Crippen LogP contribution in [-0.2, 0) is 0 Å². The summed E-state index contributed by atoms with van der Waals surface area (Å²) in [4.78, 5) is 0. The fraction of sp³-hybridized carbons (Fsp3) is 0.765. The van der Waals surface area contributed by atoms with Gasteiger partial charge in [0.1, 0.15) is 0 Å². The van der Waals surface area contributed by atoms with Crippen molar-refractivity contribution in [3.63, 3.8) is 0 Å². The second-order valence-electron chi connectivity index (χ2n) is 7.00. The molecule has 0 bridgehead atoms. The van der Waals surface area contributed by atoms with Crippen molar-refractivity contribution in [1.29, 1.82) is 0 Å². The van der Waals surface area contributed by atoms with Crippen molar-refractivity contribution in [3.05, 3.63) is 23.8 Å². The van der Waals surface area contributed by atoms with Gasteiger partial charge in [0.15, 0.2) is 0 Å². The molecular weight excluding hydrogens is 220 g/mol. The Morgan fingerprint density at radius 1 is 1.33 bits per heavy atom. The van der Waals surface area contributed by atoms with E-state index in [4.69, 9.17) is 0 Å². The van der Waals surface area contributed by atoms with Gasteiger partial charge in [-0.1, -0.05) is 32.1 Å². The largest absolute Gasteiger partial charge is 0.389 e. The Hall–Kier alpha value is -0.560. The van der Waals surface area contributed by atoms with Crippen LogP contribution < -0.4 is 0 Å². The van der Waals surface area contributed by atoms with Gasteiger partial charge in [0.05, 0.1) is 6.10 Å². The molecule has 1 nitrogen and oxygen atoms in total. The second-order valence-corrected chi connectivity index (χ2v) is 7.00. The van der Waals surface area contributed by atoms with Crippen LogP contribution in [0.25, 0.3) is 0 Å². The van der Waals surface area contributed by atoms with Crippen molar-refractivity contribution in [2.75, 3.05) is 0 Å². The van der Waals surface area contributed by atoms with Crippen LogP contribution in [0, 0.1) is 17.3 Å². The predicted molar refractivity (Wildman–Crippen MR) is 77.4 cm³/mol. The first-order valence-electron chi connectivity index (χ1n) is 7.44. The second kappa shape index (κ2) is 5.21. The number of fused-ring (bicyclic) bond motifs is 1. The molecular formula is C17H28O. The average Bonchev–Trinajstić information content (AvgIpc) is 2.32. The first-order chi connectivity index (χ1) is 8.42. The summed E-state index contributed by atoms with van der Waals surface area (Å²) in [5, 5.41) is 10.1. The Bertz CT molecular complexity index is 351. The van der Waals surface area contributed by atoms with Crippen molar-refractivity contribution in [1.82, 2.24) is 0 Å². The van der Waals surface area contributed by atoms with Crippen LogP contribution in [0.1, 0.15) is 59.3 Å². The molecule has 3 atom stereocenters. The van der Waals surface area contributed by atoms with Crippen LogP contribution in [-0.4, -0.2) is 11.2 Å². The molecule has 1 heteroatoms. The highest BCUT2D eigenvalue weighted by atomic mass is 16.3. The lowest BCUT2D eigenvalue weighted by Crippen LogP contribution is -2.44. The van der Waals surface area contributed by atoms with E-state index in [1.54, 1.807) is 0 Å². The number of hydrogen-bond donors (Lipinski definition) is 1. The molecule has 2 rings (SSSR count). The summed E-state index contributed by atoms with van der Waals surface area (Å²) in [7, 11) is 0. The summed E-state index contributed by atoms with van der Waals surface area (Å²) in [6.07, 6.45) is 8.80. The minimum absolute atomic E-state index is 0.258. The highest BCUT2D eigenvalue weighted by Gasteiger charge is 2.47. The molecule has 2 aliphatic rings. The van der Waals surface area contributed by atoms with Crippen molar-refractivity contribution < 1.29 is 5.11 Å². The molecule has 1 saturated carbocycles. The fourth-order valence-corrected chi connectivity index (χ4v) is 3.80. The van der Waals surface area contributed by atoms with Gasteiger partial charge in [0.2, 0.25) is 0 Å². The van der Waals surface area contributed by atoms with Crippen LogP contribution in [0.15, 0.2) is 23.8 Å².